The zero-order valence-electron chi connectivity index (χ0n) is 10.7. The Morgan fingerprint density at radius 2 is 2.19 bits per heavy atom. The van der Waals surface area contributed by atoms with Crippen molar-refractivity contribution < 1.29 is 13.3 Å². The van der Waals surface area contributed by atoms with Crippen LogP contribution in [0.25, 0.3) is 0 Å². The van der Waals surface area contributed by atoms with E-state index in [2.05, 4.69) is 25.6 Å². The van der Waals surface area contributed by atoms with Crippen molar-refractivity contribution in [2.75, 3.05) is 0 Å². The van der Waals surface area contributed by atoms with Crippen LogP contribution in [-0.4, -0.2) is 18.3 Å². The van der Waals surface area contributed by atoms with Crippen LogP contribution in [-0.2, 0) is 16.6 Å². The van der Waals surface area contributed by atoms with E-state index in [1.54, 1.807) is 12.4 Å². The van der Waals surface area contributed by atoms with Crippen molar-refractivity contribution in [3.8, 4) is 0 Å². The molecule has 2 rings (SSSR count). The van der Waals surface area contributed by atoms with Gasteiger partial charge in [-0.1, -0.05) is 15.9 Å². The summed E-state index contributed by atoms with van der Waals surface area (Å²) >= 11 is 4.43. The van der Waals surface area contributed by atoms with Crippen molar-refractivity contribution in [1.29, 1.82) is 0 Å². The van der Waals surface area contributed by atoms with Gasteiger partial charge in [-0.3, -0.25) is 10.1 Å². The van der Waals surface area contributed by atoms with Gasteiger partial charge in [-0.2, -0.15) is 0 Å². The van der Waals surface area contributed by atoms with E-state index in [9.17, 15) is 18.5 Å². The summed E-state index contributed by atoms with van der Waals surface area (Å²) in [5.41, 5.74) is 1.87. The molecule has 0 fully saturated rings. The number of rotatable bonds is 5. The van der Waals surface area contributed by atoms with E-state index in [0.29, 0.717) is 4.47 Å². The number of thiazole rings is 1. The van der Waals surface area contributed by atoms with Crippen LogP contribution >= 0.6 is 27.3 Å². The largest absolute Gasteiger partial charge is 0.289 e. The molecule has 0 aliphatic rings. The molecule has 1 aromatic carbocycles. The van der Waals surface area contributed by atoms with Crippen molar-refractivity contribution in [2.24, 2.45) is 0 Å². The van der Waals surface area contributed by atoms with E-state index in [1.807, 2.05) is 0 Å². The van der Waals surface area contributed by atoms with Gasteiger partial charge in [-0.15, -0.1) is 11.3 Å². The van der Waals surface area contributed by atoms with Crippen LogP contribution in [0.5, 0.6) is 0 Å². The van der Waals surface area contributed by atoms with Crippen LogP contribution in [0.4, 0.5) is 5.69 Å². The van der Waals surface area contributed by atoms with Crippen LogP contribution in [0.1, 0.15) is 10.6 Å². The normalized spacial score (nSPS) is 11.5. The Morgan fingerprint density at radius 1 is 1.48 bits per heavy atom. The zero-order chi connectivity index (χ0) is 15.6. The Hall–Kier alpha value is -1.36. The summed E-state index contributed by atoms with van der Waals surface area (Å²) < 4.78 is 27.3. The molecule has 7 nitrogen and oxygen atoms in total. The average Bonchev–Trinajstić information content (AvgIpc) is 2.81. The number of nitrogens with one attached hydrogen (secondary N) is 1. The number of halogens is 1. The van der Waals surface area contributed by atoms with Crippen molar-refractivity contribution in [3.63, 3.8) is 0 Å². The molecule has 0 atom stereocenters. The van der Waals surface area contributed by atoms with Gasteiger partial charge in [-0.05, 0) is 19.1 Å². The summed E-state index contributed by atoms with van der Waals surface area (Å²) in [6.45, 7) is 1.81. The number of sulfonamides is 1. The maximum atomic E-state index is 12.3. The number of aromatic nitrogens is 1. The van der Waals surface area contributed by atoms with Crippen LogP contribution in [0.15, 0.2) is 33.1 Å². The number of nitrogens with zero attached hydrogens (tertiary/aromatic N) is 2. The second kappa shape index (κ2) is 6.18. The van der Waals surface area contributed by atoms with Gasteiger partial charge in [-0.25, -0.2) is 18.1 Å². The molecule has 0 aliphatic carbocycles. The molecule has 21 heavy (non-hydrogen) atoms. The fraction of sp³-hybridized carbons (Fsp3) is 0.182. The molecule has 0 aliphatic heterocycles. The van der Waals surface area contributed by atoms with Crippen molar-refractivity contribution >= 4 is 43.0 Å². The lowest BCUT2D eigenvalue weighted by atomic mass is 10.3. The lowest BCUT2D eigenvalue weighted by molar-refractivity contribution is -0.387. The molecule has 0 saturated heterocycles. The van der Waals surface area contributed by atoms with E-state index in [0.717, 1.165) is 16.6 Å². The van der Waals surface area contributed by atoms with Gasteiger partial charge in [0.2, 0.25) is 10.0 Å². The Bertz CT molecular complexity index is 789. The summed E-state index contributed by atoms with van der Waals surface area (Å²) in [4.78, 5) is 14.6. The summed E-state index contributed by atoms with van der Waals surface area (Å²) in [5.74, 6) is 0. The minimum atomic E-state index is -3.99. The van der Waals surface area contributed by atoms with E-state index in [4.69, 9.17) is 0 Å². The van der Waals surface area contributed by atoms with Crippen LogP contribution in [0.2, 0.25) is 0 Å². The molecule has 1 N–H and O–H groups in total. The van der Waals surface area contributed by atoms with Crippen LogP contribution in [0, 0.1) is 17.0 Å². The summed E-state index contributed by atoms with van der Waals surface area (Å²) in [7, 11) is -3.99. The van der Waals surface area contributed by atoms with Gasteiger partial charge < -0.3 is 0 Å². The fourth-order valence-corrected chi connectivity index (χ4v) is 4.10. The predicted octanol–water partition coefficient (Wildman–Crippen LogP) is 2.60. The number of aryl methyl sites for hydroxylation is 1. The Labute approximate surface area is 133 Å². The first-order valence-electron chi connectivity index (χ1n) is 5.64. The molecule has 0 spiro atoms. The van der Waals surface area contributed by atoms with Gasteiger partial charge in [0.15, 0.2) is 4.90 Å². The van der Waals surface area contributed by atoms with E-state index in [1.165, 1.54) is 23.5 Å². The van der Waals surface area contributed by atoms with E-state index in [-0.39, 0.29) is 11.4 Å². The minimum absolute atomic E-state index is 0.0441. The molecule has 0 bridgehead atoms. The molecule has 0 saturated carbocycles. The molecule has 10 heteroatoms. The van der Waals surface area contributed by atoms with Crippen LogP contribution < -0.4 is 4.72 Å². The Morgan fingerprint density at radius 3 is 2.76 bits per heavy atom. The maximum Gasteiger partial charge on any atom is 0.289 e. The highest BCUT2D eigenvalue weighted by Gasteiger charge is 2.26. The number of benzene rings is 1. The van der Waals surface area contributed by atoms with Crippen molar-refractivity contribution in [3.05, 3.63) is 48.9 Å². The summed E-state index contributed by atoms with van der Waals surface area (Å²) in [6.07, 6.45) is 0. The summed E-state index contributed by atoms with van der Waals surface area (Å²) in [5, 5.41) is 11.0. The van der Waals surface area contributed by atoms with Crippen LogP contribution in [0.3, 0.4) is 0 Å². The topological polar surface area (TPSA) is 102 Å². The lowest BCUT2D eigenvalue weighted by Gasteiger charge is -2.07. The van der Waals surface area contributed by atoms with Gasteiger partial charge in [0, 0.05) is 22.0 Å². The Balaban J connectivity index is 2.33. The molecular formula is C11H10BrN3O4S2. The smallest absolute Gasteiger partial charge is 0.258 e. The summed E-state index contributed by atoms with van der Waals surface area (Å²) in [6, 6.07) is 3.78. The quantitative estimate of drug-likeness (QED) is 0.623. The minimum Gasteiger partial charge on any atom is -0.258 e. The highest BCUT2D eigenvalue weighted by Crippen LogP contribution is 2.27. The van der Waals surface area contributed by atoms with Gasteiger partial charge >= 0.3 is 0 Å². The first-order chi connectivity index (χ1) is 9.81. The Kier molecular flexibility index (Phi) is 4.71. The molecule has 0 amide bonds. The molecular weight excluding hydrogens is 382 g/mol. The molecule has 112 valence electrons. The van der Waals surface area contributed by atoms with Gasteiger partial charge in [0.1, 0.15) is 0 Å². The monoisotopic (exact) mass is 391 g/mol. The van der Waals surface area contributed by atoms with Gasteiger partial charge in [0.25, 0.3) is 5.69 Å². The second-order valence-electron chi connectivity index (χ2n) is 4.05. The number of hydrogen-bond acceptors (Lipinski definition) is 6. The zero-order valence-corrected chi connectivity index (χ0v) is 14.0. The highest BCUT2D eigenvalue weighted by molar-refractivity contribution is 9.10. The number of nitro benzene ring substituents is 1. The molecule has 0 radical (unpaired) electrons. The fourth-order valence-electron chi connectivity index (χ4n) is 1.59. The lowest BCUT2D eigenvalue weighted by Crippen LogP contribution is -2.24. The third kappa shape index (κ3) is 3.64. The average molecular weight is 392 g/mol. The third-order valence-electron chi connectivity index (χ3n) is 2.68. The van der Waals surface area contributed by atoms with E-state index >= 15 is 0 Å². The van der Waals surface area contributed by atoms with Crippen molar-refractivity contribution in [1.82, 2.24) is 9.71 Å². The number of nitro groups is 1. The highest BCUT2D eigenvalue weighted by atomic mass is 79.9. The predicted molar refractivity (Wildman–Crippen MR) is 81.7 cm³/mol. The first kappa shape index (κ1) is 16.0. The second-order valence-corrected chi connectivity index (χ2v) is 7.65. The molecule has 0 unspecified atom stereocenters. The molecule has 2 aromatic rings. The molecule has 1 aromatic heterocycles. The molecule has 1 heterocycles. The standard InChI is InChI=1S/C11H10BrN3O4S2/c1-7-10(20-6-13-7)5-14-21(18,19)11-4-8(12)2-3-9(11)15(16)17/h2-4,6,14H,5H2,1H3. The van der Waals surface area contributed by atoms with E-state index < -0.39 is 20.6 Å². The SMILES string of the molecule is Cc1ncsc1CNS(=O)(=O)c1cc(Br)ccc1[N+](=O)[O-]. The third-order valence-corrected chi connectivity index (χ3v) is 5.53. The number of hydrogen-bond donors (Lipinski definition) is 1. The van der Waals surface area contributed by atoms with Gasteiger partial charge in [0.05, 0.1) is 16.1 Å². The maximum absolute atomic E-state index is 12.3. The first-order valence-corrected chi connectivity index (χ1v) is 8.79. The van der Waals surface area contributed by atoms with Crippen molar-refractivity contribution in [2.45, 2.75) is 18.4 Å².